The van der Waals surface area contributed by atoms with Crippen LogP contribution in [0, 0.1) is 18.7 Å². The van der Waals surface area contributed by atoms with Crippen molar-refractivity contribution in [3.05, 3.63) is 101 Å². The summed E-state index contributed by atoms with van der Waals surface area (Å²) >= 11 is 0. The summed E-state index contributed by atoms with van der Waals surface area (Å²) in [5, 5.41) is 0.709. The highest BCUT2D eigenvalue weighted by atomic mass is 19.1. The molecular formula is C28H33FN2. The molecule has 4 rings (SSSR count). The Hall–Kier alpha value is -2.94. The first-order chi connectivity index (χ1) is 14.9. The van der Waals surface area contributed by atoms with Gasteiger partial charge in [0, 0.05) is 23.2 Å². The van der Waals surface area contributed by atoms with Gasteiger partial charge in [-0.2, -0.15) is 0 Å². The third-order valence-corrected chi connectivity index (χ3v) is 6.28. The molecule has 0 aliphatic rings. The maximum absolute atomic E-state index is 15.1. The fraction of sp³-hybridized carbons (Fsp3) is 0.321. The topological polar surface area (TPSA) is 17.8 Å². The highest BCUT2D eigenvalue weighted by molar-refractivity contribution is 5.86. The van der Waals surface area contributed by atoms with E-state index in [4.69, 9.17) is 0 Å². The van der Waals surface area contributed by atoms with Crippen LogP contribution in [0.15, 0.2) is 73.1 Å². The van der Waals surface area contributed by atoms with Gasteiger partial charge in [-0.15, -0.1) is 0 Å². The van der Waals surface area contributed by atoms with Crippen LogP contribution in [0.3, 0.4) is 0 Å². The third-order valence-electron chi connectivity index (χ3n) is 6.28. The number of halogens is 1. The second-order valence-corrected chi connectivity index (χ2v) is 8.35. The number of aromatic nitrogens is 2. The van der Waals surface area contributed by atoms with E-state index in [1.807, 2.05) is 38.1 Å². The molecule has 31 heavy (non-hydrogen) atoms. The zero-order valence-corrected chi connectivity index (χ0v) is 19.5. The van der Waals surface area contributed by atoms with Gasteiger partial charge in [0.05, 0.1) is 17.8 Å². The summed E-state index contributed by atoms with van der Waals surface area (Å²) in [5.74, 6) is 0.120. The molecule has 3 heteroatoms. The van der Waals surface area contributed by atoms with Gasteiger partial charge in [-0.05, 0) is 48.2 Å². The lowest BCUT2D eigenvalue weighted by Gasteiger charge is -2.35. The van der Waals surface area contributed by atoms with Gasteiger partial charge in [-0.1, -0.05) is 76.6 Å². The Morgan fingerprint density at radius 2 is 1.68 bits per heavy atom. The Morgan fingerprint density at radius 3 is 2.29 bits per heavy atom. The molecule has 1 unspecified atom stereocenters. The van der Waals surface area contributed by atoms with Crippen molar-refractivity contribution in [1.29, 1.82) is 0 Å². The van der Waals surface area contributed by atoms with Crippen molar-refractivity contribution in [3.63, 3.8) is 0 Å². The van der Waals surface area contributed by atoms with Crippen LogP contribution in [-0.4, -0.2) is 9.55 Å². The molecule has 0 aliphatic heterocycles. The molecule has 0 saturated carbocycles. The van der Waals surface area contributed by atoms with E-state index < -0.39 is 0 Å². The fourth-order valence-electron chi connectivity index (χ4n) is 4.20. The van der Waals surface area contributed by atoms with Crippen molar-refractivity contribution in [2.45, 2.75) is 53.5 Å². The van der Waals surface area contributed by atoms with Crippen LogP contribution in [0.25, 0.3) is 10.9 Å². The molecule has 0 bridgehead atoms. The monoisotopic (exact) mass is 416 g/mol. The van der Waals surface area contributed by atoms with Crippen molar-refractivity contribution in [3.8, 4) is 0 Å². The van der Waals surface area contributed by atoms with Gasteiger partial charge >= 0.3 is 0 Å². The van der Waals surface area contributed by atoms with E-state index in [2.05, 4.69) is 67.7 Å². The third kappa shape index (κ3) is 4.27. The summed E-state index contributed by atoms with van der Waals surface area (Å²) in [6.07, 6.45) is 3.93. The molecule has 2 heterocycles. The SMILES string of the molecule is CC.Cc1ccc(C(C)(c2cn(Cc3ccccn3)c3cccc(F)c23)C(C)C)cc1. The molecule has 0 spiro atoms. The van der Waals surface area contributed by atoms with Crippen molar-refractivity contribution in [2.75, 3.05) is 0 Å². The molecule has 0 saturated heterocycles. The smallest absolute Gasteiger partial charge is 0.132 e. The quantitative estimate of drug-likeness (QED) is 0.329. The minimum absolute atomic E-state index is 0.170. The minimum Gasteiger partial charge on any atom is -0.341 e. The number of fused-ring (bicyclic) bond motifs is 1. The molecule has 0 radical (unpaired) electrons. The normalized spacial score (nSPS) is 13.0. The first-order valence-electron chi connectivity index (χ1n) is 11.2. The zero-order valence-electron chi connectivity index (χ0n) is 19.5. The van der Waals surface area contributed by atoms with Gasteiger partial charge in [0.1, 0.15) is 5.82 Å². The maximum atomic E-state index is 15.1. The molecule has 0 fully saturated rings. The van der Waals surface area contributed by atoms with E-state index in [0.29, 0.717) is 17.8 Å². The van der Waals surface area contributed by atoms with Gasteiger partial charge in [0.2, 0.25) is 0 Å². The lowest BCUT2D eigenvalue weighted by atomic mass is 9.68. The lowest BCUT2D eigenvalue weighted by molar-refractivity contribution is 0.406. The van der Waals surface area contributed by atoms with E-state index in [1.54, 1.807) is 18.3 Å². The number of rotatable bonds is 5. The molecular weight excluding hydrogens is 383 g/mol. The Balaban J connectivity index is 0.00000132. The van der Waals surface area contributed by atoms with E-state index in [1.165, 1.54) is 11.1 Å². The van der Waals surface area contributed by atoms with Crippen LogP contribution in [0.1, 0.15) is 57.0 Å². The molecule has 0 N–H and O–H groups in total. The molecule has 2 aromatic heterocycles. The Labute approximate surface area is 185 Å². The zero-order chi connectivity index (χ0) is 22.6. The number of hydrogen-bond acceptors (Lipinski definition) is 1. The molecule has 4 aromatic rings. The summed E-state index contributed by atoms with van der Waals surface area (Å²) in [4.78, 5) is 4.46. The van der Waals surface area contributed by atoms with Crippen LogP contribution in [0.2, 0.25) is 0 Å². The van der Waals surface area contributed by atoms with Gasteiger partial charge in [-0.3, -0.25) is 4.98 Å². The second-order valence-electron chi connectivity index (χ2n) is 8.35. The molecule has 0 amide bonds. The number of pyridine rings is 1. The summed E-state index contributed by atoms with van der Waals surface area (Å²) in [6.45, 7) is 13.4. The lowest BCUT2D eigenvalue weighted by Crippen LogP contribution is -2.30. The maximum Gasteiger partial charge on any atom is 0.132 e. The minimum atomic E-state index is -0.316. The van der Waals surface area contributed by atoms with Gasteiger partial charge < -0.3 is 4.57 Å². The van der Waals surface area contributed by atoms with E-state index in [9.17, 15) is 0 Å². The first kappa shape index (κ1) is 22.7. The van der Waals surface area contributed by atoms with Crippen molar-refractivity contribution >= 4 is 10.9 Å². The average molecular weight is 417 g/mol. The summed E-state index contributed by atoms with van der Waals surface area (Å²) in [7, 11) is 0. The van der Waals surface area contributed by atoms with Crippen LogP contribution in [-0.2, 0) is 12.0 Å². The standard InChI is InChI=1S/C26H27FN2.C2H6/c1-18(2)26(4,20-13-11-19(3)12-14-20)22-17-29(16-21-8-5-6-15-28-21)24-10-7-9-23(27)25(22)24;1-2/h5-15,17-18H,16H2,1-4H3;1-2H3. The summed E-state index contributed by atoms with van der Waals surface area (Å²) in [5.41, 5.74) is 5.01. The van der Waals surface area contributed by atoms with Gasteiger partial charge in [0.15, 0.2) is 0 Å². The van der Waals surface area contributed by atoms with E-state index in [-0.39, 0.29) is 11.2 Å². The molecule has 2 nitrogen and oxygen atoms in total. The highest BCUT2D eigenvalue weighted by Gasteiger charge is 2.36. The molecule has 1 atom stereocenters. The van der Waals surface area contributed by atoms with Gasteiger partial charge in [-0.25, -0.2) is 4.39 Å². The van der Waals surface area contributed by atoms with Crippen LogP contribution in [0.5, 0.6) is 0 Å². The fourth-order valence-corrected chi connectivity index (χ4v) is 4.20. The Kier molecular flexibility index (Phi) is 6.94. The van der Waals surface area contributed by atoms with Gasteiger partial charge in [0.25, 0.3) is 0 Å². The molecule has 162 valence electrons. The second kappa shape index (κ2) is 9.47. The van der Waals surface area contributed by atoms with Crippen molar-refractivity contribution in [2.24, 2.45) is 5.92 Å². The van der Waals surface area contributed by atoms with Crippen molar-refractivity contribution in [1.82, 2.24) is 9.55 Å². The first-order valence-corrected chi connectivity index (χ1v) is 11.2. The van der Waals surface area contributed by atoms with E-state index >= 15 is 4.39 Å². The number of benzene rings is 2. The number of aryl methyl sites for hydroxylation is 1. The Bertz CT molecular complexity index is 1130. The van der Waals surface area contributed by atoms with Crippen LogP contribution < -0.4 is 0 Å². The predicted octanol–water partition coefficient (Wildman–Crippen LogP) is 7.52. The summed E-state index contributed by atoms with van der Waals surface area (Å²) in [6, 6.07) is 19.9. The highest BCUT2D eigenvalue weighted by Crippen LogP contribution is 2.43. The number of hydrogen-bond donors (Lipinski definition) is 0. The Morgan fingerprint density at radius 1 is 0.968 bits per heavy atom. The van der Waals surface area contributed by atoms with E-state index in [0.717, 1.165) is 16.8 Å². The molecule has 2 aromatic carbocycles. The van der Waals surface area contributed by atoms with Crippen LogP contribution >= 0.6 is 0 Å². The molecule has 0 aliphatic carbocycles. The summed E-state index contributed by atoms with van der Waals surface area (Å²) < 4.78 is 17.3. The predicted molar refractivity (Wildman–Crippen MR) is 129 cm³/mol. The van der Waals surface area contributed by atoms with Crippen LogP contribution in [0.4, 0.5) is 4.39 Å². The number of nitrogens with zero attached hydrogens (tertiary/aromatic N) is 2. The largest absolute Gasteiger partial charge is 0.341 e. The average Bonchev–Trinajstić information content (AvgIpc) is 3.16. The van der Waals surface area contributed by atoms with Crippen molar-refractivity contribution < 1.29 is 4.39 Å².